The van der Waals surface area contributed by atoms with E-state index < -0.39 is 0 Å². The van der Waals surface area contributed by atoms with Crippen LogP contribution in [0.3, 0.4) is 0 Å². The van der Waals surface area contributed by atoms with Gasteiger partial charge >= 0.3 is 5.95 Å². The molecule has 0 bridgehead atoms. The van der Waals surface area contributed by atoms with Crippen LogP contribution in [0.15, 0.2) is 60.8 Å². The van der Waals surface area contributed by atoms with E-state index in [4.69, 9.17) is 10.5 Å². The molecular weight excluding hydrogens is 276 g/mol. The first-order valence-corrected chi connectivity index (χ1v) is 6.93. The Bertz CT molecular complexity index is 775. The normalized spacial score (nSPS) is 10.4. The van der Waals surface area contributed by atoms with Gasteiger partial charge in [-0.2, -0.15) is 9.97 Å². The van der Waals surface area contributed by atoms with Gasteiger partial charge in [0.15, 0.2) is 0 Å². The Morgan fingerprint density at radius 2 is 1.86 bits per heavy atom. The fourth-order valence-corrected chi connectivity index (χ4v) is 2.20. The molecule has 4 N–H and O–H groups in total. The summed E-state index contributed by atoms with van der Waals surface area (Å²) in [7, 11) is 1.60. The molecule has 110 valence electrons. The average molecular weight is 293 g/mol. The third kappa shape index (κ3) is 3.05. The fraction of sp³-hybridized carbons (Fsp3) is 0.0588. The number of hydrogen-bond donors (Lipinski definition) is 2. The zero-order valence-corrected chi connectivity index (χ0v) is 12.2. The molecule has 2 aromatic carbocycles. The summed E-state index contributed by atoms with van der Waals surface area (Å²) in [5.41, 5.74) is 9.37. The third-order valence-electron chi connectivity index (χ3n) is 3.30. The summed E-state index contributed by atoms with van der Waals surface area (Å²) in [4.78, 5) is 8.87. The largest absolute Gasteiger partial charge is 0.495 e. The number of aromatic nitrogens is 2. The summed E-state index contributed by atoms with van der Waals surface area (Å²) in [5.74, 6) is 1.33. The van der Waals surface area contributed by atoms with Gasteiger partial charge in [-0.15, -0.1) is 0 Å². The lowest BCUT2D eigenvalue weighted by atomic mass is 10.1. The number of ether oxygens (including phenoxy) is 1. The van der Waals surface area contributed by atoms with E-state index in [1.54, 1.807) is 13.3 Å². The number of nitrogens with two attached hydrogens (primary N) is 2. The van der Waals surface area contributed by atoms with Crippen molar-refractivity contribution in [3.63, 3.8) is 0 Å². The molecule has 0 radical (unpaired) electrons. The molecule has 5 nitrogen and oxygen atoms in total. The molecule has 3 rings (SSSR count). The molecule has 0 saturated carbocycles. The Balaban J connectivity index is 1.89. The minimum Gasteiger partial charge on any atom is -0.495 e. The molecule has 3 aromatic rings. The summed E-state index contributed by atoms with van der Waals surface area (Å²) >= 11 is 0. The smallest absolute Gasteiger partial charge is 0.331 e. The first-order chi connectivity index (χ1) is 10.8. The maximum Gasteiger partial charge on any atom is 0.331 e. The van der Waals surface area contributed by atoms with Crippen LogP contribution in [0.4, 0.5) is 17.3 Å². The molecular formula is C17H17N4O+. The number of anilines is 1. The van der Waals surface area contributed by atoms with Crippen molar-refractivity contribution in [1.82, 2.24) is 9.97 Å². The monoisotopic (exact) mass is 293 g/mol. The Kier molecular flexibility index (Phi) is 3.98. The van der Waals surface area contributed by atoms with Crippen molar-refractivity contribution in [3.8, 4) is 17.0 Å². The predicted octanol–water partition coefficient (Wildman–Crippen LogP) is 2.26. The van der Waals surface area contributed by atoms with Gasteiger partial charge < -0.3 is 10.5 Å². The van der Waals surface area contributed by atoms with E-state index in [0.717, 1.165) is 16.9 Å². The topological polar surface area (TPSA) is 77.6 Å². The summed E-state index contributed by atoms with van der Waals surface area (Å²) < 4.78 is 5.17. The van der Waals surface area contributed by atoms with E-state index in [0.29, 0.717) is 17.4 Å². The highest BCUT2D eigenvalue weighted by atomic mass is 16.5. The van der Waals surface area contributed by atoms with Crippen molar-refractivity contribution in [2.24, 2.45) is 0 Å². The fourth-order valence-electron chi connectivity index (χ4n) is 2.20. The Morgan fingerprint density at radius 3 is 2.59 bits per heavy atom. The van der Waals surface area contributed by atoms with Gasteiger partial charge in [0.25, 0.3) is 0 Å². The van der Waals surface area contributed by atoms with Crippen molar-refractivity contribution in [2.75, 3.05) is 12.8 Å². The first-order valence-electron chi connectivity index (χ1n) is 6.93. The van der Waals surface area contributed by atoms with Gasteiger partial charge in [-0.25, -0.2) is 5.32 Å². The quantitative estimate of drug-likeness (QED) is 0.723. The second kappa shape index (κ2) is 6.24. The standard InChI is InChI=1S/C17H16N4O/c1-22-16-8-7-12(11-14(16)18)15-9-10-19-17(21-15)20-13-5-3-2-4-6-13/h2-11H,18H2,1H3,(H,19,20,21)/p+1. The van der Waals surface area contributed by atoms with E-state index >= 15 is 0 Å². The molecule has 0 spiro atoms. The Morgan fingerprint density at radius 1 is 1.05 bits per heavy atom. The van der Waals surface area contributed by atoms with Crippen molar-refractivity contribution < 1.29 is 10.1 Å². The highest BCUT2D eigenvalue weighted by Crippen LogP contribution is 2.27. The second-order valence-electron chi connectivity index (χ2n) is 4.81. The van der Waals surface area contributed by atoms with Crippen LogP contribution < -0.4 is 15.8 Å². The first kappa shape index (κ1) is 14.0. The molecule has 1 aromatic heterocycles. The zero-order valence-electron chi connectivity index (χ0n) is 12.2. The zero-order chi connectivity index (χ0) is 15.4. The molecule has 0 amide bonds. The summed E-state index contributed by atoms with van der Waals surface area (Å²) in [6, 6.07) is 17.5. The van der Waals surface area contributed by atoms with E-state index in [1.807, 2.05) is 59.9 Å². The minimum absolute atomic E-state index is 0.590. The highest BCUT2D eigenvalue weighted by Gasteiger charge is 2.08. The van der Waals surface area contributed by atoms with Gasteiger partial charge in [0, 0.05) is 11.8 Å². The third-order valence-corrected chi connectivity index (χ3v) is 3.30. The Hall–Kier alpha value is -2.92. The van der Waals surface area contributed by atoms with Crippen LogP contribution in [0, 0.1) is 0 Å². The van der Waals surface area contributed by atoms with Crippen LogP contribution >= 0.6 is 0 Å². The molecule has 0 unspecified atom stereocenters. The number of benzene rings is 2. The lowest BCUT2D eigenvalue weighted by Crippen LogP contribution is -2.72. The van der Waals surface area contributed by atoms with Crippen LogP contribution in [0.25, 0.3) is 11.3 Å². The van der Waals surface area contributed by atoms with Crippen LogP contribution in [0.2, 0.25) is 0 Å². The second-order valence-corrected chi connectivity index (χ2v) is 4.81. The van der Waals surface area contributed by atoms with Crippen molar-refractivity contribution in [3.05, 3.63) is 60.8 Å². The maximum atomic E-state index is 5.95. The molecule has 0 fully saturated rings. The lowest BCUT2D eigenvalue weighted by Gasteiger charge is -2.07. The van der Waals surface area contributed by atoms with E-state index in [2.05, 4.69) is 9.97 Å². The van der Waals surface area contributed by atoms with Gasteiger partial charge in [0.2, 0.25) is 0 Å². The molecule has 22 heavy (non-hydrogen) atoms. The van der Waals surface area contributed by atoms with Crippen LogP contribution in [-0.2, 0) is 0 Å². The summed E-state index contributed by atoms with van der Waals surface area (Å²) in [6.07, 6.45) is 1.75. The summed E-state index contributed by atoms with van der Waals surface area (Å²) in [5, 5.41) is 1.94. The number of quaternary nitrogens is 1. The number of nitrogens with zero attached hydrogens (tertiary/aromatic N) is 2. The lowest BCUT2D eigenvalue weighted by molar-refractivity contribution is -0.487. The Labute approximate surface area is 128 Å². The minimum atomic E-state index is 0.590. The van der Waals surface area contributed by atoms with Crippen molar-refractivity contribution in [1.29, 1.82) is 0 Å². The van der Waals surface area contributed by atoms with Crippen LogP contribution in [-0.4, -0.2) is 17.1 Å². The molecule has 0 saturated heterocycles. The SMILES string of the molecule is COc1ccc(-c2ccnc([NH2+]c3ccccc3)n2)cc1N. The number of para-hydroxylation sites is 1. The number of methoxy groups -OCH3 is 1. The van der Waals surface area contributed by atoms with Gasteiger partial charge in [0.05, 0.1) is 18.5 Å². The average Bonchev–Trinajstić information content (AvgIpc) is 2.56. The highest BCUT2D eigenvalue weighted by molar-refractivity contribution is 5.68. The van der Waals surface area contributed by atoms with Crippen molar-refractivity contribution in [2.45, 2.75) is 0 Å². The van der Waals surface area contributed by atoms with Gasteiger partial charge in [-0.05, 0) is 36.4 Å². The maximum absolute atomic E-state index is 5.95. The van der Waals surface area contributed by atoms with Gasteiger partial charge in [0.1, 0.15) is 11.4 Å². The van der Waals surface area contributed by atoms with Crippen LogP contribution in [0.5, 0.6) is 5.75 Å². The molecule has 0 atom stereocenters. The number of rotatable bonds is 4. The van der Waals surface area contributed by atoms with Crippen molar-refractivity contribution >= 4 is 17.3 Å². The van der Waals surface area contributed by atoms with E-state index in [1.165, 1.54) is 0 Å². The predicted molar refractivity (Wildman–Crippen MR) is 86.1 cm³/mol. The van der Waals surface area contributed by atoms with E-state index in [-0.39, 0.29) is 0 Å². The number of hydrogen-bond acceptors (Lipinski definition) is 4. The van der Waals surface area contributed by atoms with Gasteiger partial charge in [-0.3, -0.25) is 0 Å². The molecule has 5 heteroatoms. The molecule has 0 aliphatic heterocycles. The van der Waals surface area contributed by atoms with E-state index in [9.17, 15) is 0 Å². The molecule has 0 aliphatic rings. The van der Waals surface area contributed by atoms with Gasteiger partial charge in [-0.1, -0.05) is 18.2 Å². The number of nitrogen functional groups attached to an aromatic ring is 1. The van der Waals surface area contributed by atoms with Crippen LogP contribution in [0.1, 0.15) is 0 Å². The molecule has 1 heterocycles. The molecule has 0 aliphatic carbocycles. The summed E-state index contributed by atoms with van der Waals surface area (Å²) in [6.45, 7) is 0.